The van der Waals surface area contributed by atoms with Crippen LogP contribution in [-0.2, 0) is 0 Å². The highest BCUT2D eigenvalue weighted by Crippen LogP contribution is 2.43. The summed E-state index contributed by atoms with van der Waals surface area (Å²) in [6, 6.07) is 7.90. The number of carboxylic acid groups (broad SMARTS) is 1. The fourth-order valence-corrected chi connectivity index (χ4v) is 4.64. The summed E-state index contributed by atoms with van der Waals surface area (Å²) in [5.41, 5.74) is 5.78. The lowest BCUT2D eigenvalue weighted by molar-refractivity contribution is 0.0694. The van der Waals surface area contributed by atoms with E-state index in [-0.39, 0.29) is 28.7 Å². The number of carboxylic acids is 1. The second kappa shape index (κ2) is 7.08. The number of halogens is 2. The van der Waals surface area contributed by atoms with Crippen LogP contribution in [-0.4, -0.2) is 22.2 Å². The standard InChI is InChI=1S/C23H21F2N3O3/c24-17-10-15-20(28(14-6-7-14)11-16(22(15)29)23(30)31)19(25)21(17)27-8-2-5-18(27)12-3-1-4-13(26)9-12/h1,3-4,9-11,14,18H,2,5-8,26H2,(H,30,31). The van der Waals surface area contributed by atoms with Crippen molar-refractivity contribution in [1.82, 2.24) is 4.57 Å². The van der Waals surface area contributed by atoms with Crippen LogP contribution in [0.5, 0.6) is 0 Å². The number of anilines is 2. The van der Waals surface area contributed by atoms with Crippen molar-refractivity contribution in [3.8, 4) is 0 Å². The van der Waals surface area contributed by atoms with Crippen LogP contribution in [0.15, 0.2) is 41.3 Å². The minimum atomic E-state index is -1.41. The molecular formula is C23H21F2N3O3. The van der Waals surface area contributed by atoms with E-state index < -0.39 is 28.6 Å². The molecule has 1 unspecified atom stereocenters. The van der Waals surface area contributed by atoms with Crippen LogP contribution >= 0.6 is 0 Å². The number of aromatic carboxylic acids is 1. The predicted molar refractivity (Wildman–Crippen MR) is 114 cm³/mol. The van der Waals surface area contributed by atoms with E-state index in [0.717, 1.165) is 30.9 Å². The number of rotatable bonds is 4. The van der Waals surface area contributed by atoms with Crippen molar-refractivity contribution in [2.45, 2.75) is 37.8 Å². The van der Waals surface area contributed by atoms with Gasteiger partial charge in [0.15, 0.2) is 5.82 Å². The monoisotopic (exact) mass is 425 g/mol. The second-order valence-corrected chi connectivity index (χ2v) is 8.25. The van der Waals surface area contributed by atoms with E-state index in [2.05, 4.69) is 0 Å². The van der Waals surface area contributed by atoms with Crippen LogP contribution in [0.2, 0.25) is 0 Å². The fourth-order valence-electron chi connectivity index (χ4n) is 4.64. The molecule has 160 valence electrons. The molecule has 31 heavy (non-hydrogen) atoms. The molecule has 3 N–H and O–H groups in total. The molecule has 1 saturated heterocycles. The van der Waals surface area contributed by atoms with E-state index in [1.54, 1.807) is 17.0 Å². The van der Waals surface area contributed by atoms with E-state index >= 15 is 8.78 Å². The predicted octanol–water partition coefficient (Wildman–Crippen LogP) is 4.24. The molecule has 0 spiro atoms. The first-order valence-corrected chi connectivity index (χ1v) is 10.3. The van der Waals surface area contributed by atoms with E-state index in [1.165, 1.54) is 10.8 Å². The number of carbonyl (C=O) groups is 1. The molecule has 2 fully saturated rings. The third-order valence-electron chi connectivity index (χ3n) is 6.19. The van der Waals surface area contributed by atoms with Crippen molar-refractivity contribution in [1.29, 1.82) is 0 Å². The first-order chi connectivity index (χ1) is 14.9. The minimum absolute atomic E-state index is 0.0351. The number of nitrogens with zero attached hydrogens (tertiary/aromatic N) is 2. The number of hydrogen-bond donors (Lipinski definition) is 2. The maximum Gasteiger partial charge on any atom is 0.341 e. The quantitative estimate of drug-likeness (QED) is 0.611. The molecule has 2 aliphatic rings. The van der Waals surface area contributed by atoms with Gasteiger partial charge in [0.05, 0.1) is 16.9 Å². The van der Waals surface area contributed by atoms with Gasteiger partial charge < -0.3 is 20.3 Å². The van der Waals surface area contributed by atoms with Gasteiger partial charge in [0.1, 0.15) is 17.1 Å². The summed E-state index contributed by atoms with van der Waals surface area (Å²) in [4.78, 5) is 25.9. The maximum absolute atomic E-state index is 15.9. The van der Waals surface area contributed by atoms with E-state index in [9.17, 15) is 14.7 Å². The lowest BCUT2D eigenvalue weighted by Crippen LogP contribution is -2.26. The number of pyridine rings is 1. The van der Waals surface area contributed by atoms with Crippen LogP contribution in [0.1, 0.15) is 53.7 Å². The molecule has 6 nitrogen and oxygen atoms in total. The fraction of sp³-hybridized carbons (Fsp3) is 0.304. The number of fused-ring (bicyclic) bond motifs is 1. The zero-order valence-corrected chi connectivity index (χ0v) is 16.6. The first kappa shape index (κ1) is 19.5. The lowest BCUT2D eigenvalue weighted by atomic mass is 10.0. The number of nitrogens with two attached hydrogens (primary N) is 1. The van der Waals surface area contributed by atoms with Crippen molar-refractivity contribution in [3.63, 3.8) is 0 Å². The molecule has 3 aromatic rings. The smallest absolute Gasteiger partial charge is 0.341 e. The molecular weight excluding hydrogens is 404 g/mol. The summed E-state index contributed by atoms with van der Waals surface area (Å²) in [7, 11) is 0. The molecule has 1 aromatic heterocycles. The van der Waals surface area contributed by atoms with Gasteiger partial charge in [-0.3, -0.25) is 4.79 Å². The molecule has 0 radical (unpaired) electrons. The SMILES string of the molecule is Nc1cccc(C2CCCN2c2c(F)cc3c(=O)c(C(=O)O)cn(C4CC4)c3c2F)c1. The van der Waals surface area contributed by atoms with Gasteiger partial charge in [0.25, 0.3) is 0 Å². The molecule has 1 saturated carbocycles. The van der Waals surface area contributed by atoms with Crippen molar-refractivity contribution in [2.75, 3.05) is 17.2 Å². The molecule has 0 bridgehead atoms. The zero-order chi connectivity index (χ0) is 21.9. The Morgan fingerprint density at radius 1 is 1.16 bits per heavy atom. The lowest BCUT2D eigenvalue weighted by Gasteiger charge is -2.29. The Bertz CT molecular complexity index is 1280. The molecule has 5 rings (SSSR count). The van der Waals surface area contributed by atoms with E-state index in [0.29, 0.717) is 18.7 Å². The summed E-state index contributed by atoms with van der Waals surface area (Å²) in [5, 5.41) is 9.14. The largest absolute Gasteiger partial charge is 0.477 e. The van der Waals surface area contributed by atoms with Crippen molar-refractivity contribution < 1.29 is 18.7 Å². The highest BCUT2D eigenvalue weighted by Gasteiger charge is 2.34. The van der Waals surface area contributed by atoms with Gasteiger partial charge in [0, 0.05) is 24.5 Å². The summed E-state index contributed by atoms with van der Waals surface area (Å²) in [6.45, 7) is 0.458. The molecule has 2 aromatic carbocycles. The van der Waals surface area contributed by atoms with Gasteiger partial charge >= 0.3 is 5.97 Å². The molecule has 8 heteroatoms. The Kier molecular flexibility index (Phi) is 4.46. The summed E-state index contributed by atoms with van der Waals surface area (Å²) in [5.74, 6) is -3.11. The Hall–Kier alpha value is -3.42. The summed E-state index contributed by atoms with van der Waals surface area (Å²) < 4.78 is 32.6. The first-order valence-electron chi connectivity index (χ1n) is 10.3. The third-order valence-corrected chi connectivity index (χ3v) is 6.19. The highest BCUT2D eigenvalue weighted by molar-refractivity contribution is 5.94. The topological polar surface area (TPSA) is 88.6 Å². The zero-order valence-electron chi connectivity index (χ0n) is 16.6. The van der Waals surface area contributed by atoms with Gasteiger partial charge in [-0.05, 0) is 49.4 Å². The number of hydrogen-bond acceptors (Lipinski definition) is 4. The Balaban J connectivity index is 1.73. The Morgan fingerprint density at radius 2 is 1.94 bits per heavy atom. The van der Waals surface area contributed by atoms with Gasteiger partial charge in [-0.15, -0.1) is 0 Å². The molecule has 1 aliphatic carbocycles. The van der Waals surface area contributed by atoms with Crippen LogP contribution in [0.4, 0.5) is 20.2 Å². The third kappa shape index (κ3) is 3.13. The molecule has 2 heterocycles. The maximum atomic E-state index is 15.9. The number of benzene rings is 2. The molecule has 1 aliphatic heterocycles. The summed E-state index contributed by atoms with van der Waals surface area (Å²) in [6.07, 6.45) is 4.16. The van der Waals surface area contributed by atoms with Gasteiger partial charge in [-0.1, -0.05) is 12.1 Å². The van der Waals surface area contributed by atoms with Crippen LogP contribution < -0.4 is 16.1 Å². The Labute approximate surface area is 176 Å². The minimum Gasteiger partial charge on any atom is -0.477 e. The normalized spacial score (nSPS) is 18.6. The van der Waals surface area contributed by atoms with E-state index in [1.807, 2.05) is 12.1 Å². The second-order valence-electron chi connectivity index (χ2n) is 8.25. The average Bonchev–Trinajstić information content (AvgIpc) is 3.46. The van der Waals surface area contributed by atoms with E-state index in [4.69, 9.17) is 5.73 Å². The van der Waals surface area contributed by atoms with Gasteiger partial charge in [0.2, 0.25) is 5.43 Å². The van der Waals surface area contributed by atoms with Crippen LogP contribution in [0.25, 0.3) is 10.9 Å². The van der Waals surface area contributed by atoms with Crippen LogP contribution in [0, 0.1) is 11.6 Å². The van der Waals surface area contributed by atoms with Gasteiger partial charge in [-0.25, -0.2) is 13.6 Å². The number of aromatic nitrogens is 1. The average molecular weight is 425 g/mol. The summed E-state index contributed by atoms with van der Waals surface area (Å²) >= 11 is 0. The number of nitrogen functional groups attached to an aromatic ring is 1. The van der Waals surface area contributed by atoms with Gasteiger partial charge in [-0.2, -0.15) is 0 Å². The van der Waals surface area contributed by atoms with Crippen molar-refractivity contribution in [2.24, 2.45) is 0 Å². The van der Waals surface area contributed by atoms with Crippen molar-refractivity contribution >= 4 is 28.2 Å². The van der Waals surface area contributed by atoms with Crippen molar-refractivity contribution in [3.05, 3.63) is 69.5 Å². The Morgan fingerprint density at radius 3 is 2.61 bits per heavy atom. The van der Waals surface area contributed by atoms with Crippen LogP contribution in [0.3, 0.4) is 0 Å². The molecule has 1 atom stereocenters. The molecule has 0 amide bonds. The highest BCUT2D eigenvalue weighted by atomic mass is 19.1.